The number of hydrogen-bond acceptors (Lipinski definition) is 3. The Bertz CT molecular complexity index is 337. The molecule has 4 heteroatoms. The molecule has 2 rings (SSSR count). The summed E-state index contributed by atoms with van der Waals surface area (Å²) < 4.78 is 5.27. The fourth-order valence-electron chi connectivity index (χ4n) is 1.88. The number of esters is 1. The number of ether oxygens (including phenoxy) is 1. The van der Waals surface area contributed by atoms with Crippen LogP contribution in [0.5, 0.6) is 0 Å². The van der Waals surface area contributed by atoms with Crippen molar-refractivity contribution in [2.75, 3.05) is 6.54 Å². The molecule has 17 heavy (non-hydrogen) atoms. The largest absolute Gasteiger partial charge is 0.460 e. The fraction of sp³-hybridized carbons (Fsp3) is 0.462. The third-order valence-electron chi connectivity index (χ3n) is 2.82. The van der Waals surface area contributed by atoms with E-state index in [0.717, 1.165) is 31.4 Å². The van der Waals surface area contributed by atoms with Gasteiger partial charge in [-0.1, -0.05) is 36.8 Å². The highest BCUT2D eigenvalue weighted by Gasteiger charge is 2.21. The third-order valence-corrected chi connectivity index (χ3v) is 2.82. The van der Waals surface area contributed by atoms with Gasteiger partial charge in [0.1, 0.15) is 12.6 Å². The normalized spacial score (nSPS) is 19.2. The first-order chi connectivity index (χ1) is 7.86. The molecule has 0 amide bonds. The van der Waals surface area contributed by atoms with Gasteiger partial charge in [0.25, 0.3) is 0 Å². The maximum Gasteiger partial charge on any atom is 0.323 e. The van der Waals surface area contributed by atoms with Gasteiger partial charge in [0.05, 0.1) is 0 Å². The first-order valence-electron chi connectivity index (χ1n) is 5.80. The summed E-state index contributed by atoms with van der Waals surface area (Å²) in [4.78, 5) is 11.7. The smallest absolute Gasteiger partial charge is 0.323 e. The summed E-state index contributed by atoms with van der Waals surface area (Å²) in [5, 5.41) is 3.18. The molecule has 1 aromatic rings. The van der Waals surface area contributed by atoms with Crippen LogP contribution in [0.2, 0.25) is 0 Å². The van der Waals surface area contributed by atoms with E-state index in [9.17, 15) is 4.79 Å². The highest BCUT2D eigenvalue weighted by Crippen LogP contribution is 2.09. The van der Waals surface area contributed by atoms with Crippen LogP contribution in [0.1, 0.15) is 24.8 Å². The van der Waals surface area contributed by atoms with Gasteiger partial charge >= 0.3 is 5.97 Å². The Morgan fingerprint density at radius 1 is 1.29 bits per heavy atom. The lowest BCUT2D eigenvalue weighted by Gasteiger charge is -2.21. The molecule has 1 saturated heterocycles. The minimum atomic E-state index is -0.122. The Morgan fingerprint density at radius 2 is 2.06 bits per heavy atom. The van der Waals surface area contributed by atoms with Gasteiger partial charge in [-0.2, -0.15) is 0 Å². The van der Waals surface area contributed by atoms with Crippen molar-refractivity contribution >= 4 is 18.4 Å². The standard InChI is InChI=1S/C13H17NO2.ClH/c15-13(12-8-4-5-9-14-12)16-10-11-6-2-1-3-7-11;/h1-3,6-7,12,14H,4-5,8-10H2;1H/t12-;/m0./s1. The van der Waals surface area contributed by atoms with E-state index in [2.05, 4.69) is 5.32 Å². The van der Waals surface area contributed by atoms with Crippen LogP contribution in [-0.2, 0) is 16.1 Å². The van der Waals surface area contributed by atoms with Crippen molar-refractivity contribution in [1.29, 1.82) is 0 Å². The van der Waals surface area contributed by atoms with Crippen LogP contribution in [0.15, 0.2) is 30.3 Å². The SMILES string of the molecule is Cl.O=C(OCc1ccccc1)[C@@H]1CCCCN1. The van der Waals surface area contributed by atoms with Gasteiger partial charge in [0, 0.05) is 0 Å². The highest BCUT2D eigenvalue weighted by molar-refractivity contribution is 5.85. The summed E-state index contributed by atoms with van der Waals surface area (Å²) in [5.74, 6) is -0.122. The predicted octanol–water partition coefficient (Wildman–Crippen LogP) is 2.29. The number of carbonyl (C=O) groups excluding carboxylic acids is 1. The zero-order valence-electron chi connectivity index (χ0n) is 9.72. The van der Waals surface area contributed by atoms with Gasteiger partial charge in [0.15, 0.2) is 0 Å². The Kier molecular flexibility index (Phi) is 6.01. The minimum Gasteiger partial charge on any atom is -0.460 e. The highest BCUT2D eigenvalue weighted by atomic mass is 35.5. The number of benzene rings is 1. The van der Waals surface area contributed by atoms with Crippen molar-refractivity contribution in [3.8, 4) is 0 Å². The van der Waals surface area contributed by atoms with Crippen LogP contribution < -0.4 is 5.32 Å². The lowest BCUT2D eigenvalue weighted by molar-refractivity contribution is -0.148. The van der Waals surface area contributed by atoms with E-state index < -0.39 is 0 Å². The second-order valence-corrected chi connectivity index (χ2v) is 4.10. The van der Waals surface area contributed by atoms with E-state index in [0.29, 0.717) is 6.61 Å². The lowest BCUT2D eigenvalue weighted by atomic mass is 10.1. The lowest BCUT2D eigenvalue weighted by Crippen LogP contribution is -2.41. The molecule has 1 aromatic carbocycles. The van der Waals surface area contributed by atoms with Gasteiger partial charge in [-0.3, -0.25) is 4.79 Å². The van der Waals surface area contributed by atoms with E-state index in [-0.39, 0.29) is 24.4 Å². The van der Waals surface area contributed by atoms with E-state index in [1.165, 1.54) is 0 Å². The van der Waals surface area contributed by atoms with E-state index in [1.54, 1.807) is 0 Å². The topological polar surface area (TPSA) is 38.3 Å². The maximum atomic E-state index is 11.7. The number of carbonyl (C=O) groups is 1. The Labute approximate surface area is 108 Å². The number of piperidine rings is 1. The fourth-order valence-corrected chi connectivity index (χ4v) is 1.88. The van der Waals surface area contributed by atoms with E-state index >= 15 is 0 Å². The van der Waals surface area contributed by atoms with Gasteiger partial charge < -0.3 is 10.1 Å². The van der Waals surface area contributed by atoms with Gasteiger partial charge in [-0.05, 0) is 24.9 Å². The molecule has 1 aliphatic heterocycles. The number of halogens is 1. The number of hydrogen-bond donors (Lipinski definition) is 1. The Hall–Kier alpha value is -1.06. The molecule has 1 aliphatic rings. The molecule has 1 heterocycles. The van der Waals surface area contributed by atoms with Crippen molar-refractivity contribution in [3.05, 3.63) is 35.9 Å². The van der Waals surface area contributed by atoms with Crippen molar-refractivity contribution < 1.29 is 9.53 Å². The number of rotatable bonds is 3. The van der Waals surface area contributed by atoms with E-state index in [4.69, 9.17) is 4.74 Å². The van der Waals surface area contributed by atoms with Crippen LogP contribution in [0, 0.1) is 0 Å². The maximum absolute atomic E-state index is 11.7. The summed E-state index contributed by atoms with van der Waals surface area (Å²) in [7, 11) is 0. The Morgan fingerprint density at radius 3 is 2.71 bits per heavy atom. The molecule has 0 spiro atoms. The molecule has 1 fully saturated rings. The minimum absolute atomic E-state index is 0. The average molecular weight is 256 g/mol. The molecule has 0 radical (unpaired) electrons. The summed E-state index contributed by atoms with van der Waals surface area (Å²) >= 11 is 0. The van der Waals surface area contributed by atoms with Crippen LogP contribution in [0.4, 0.5) is 0 Å². The monoisotopic (exact) mass is 255 g/mol. The molecule has 0 unspecified atom stereocenters. The summed E-state index contributed by atoms with van der Waals surface area (Å²) in [6, 6.07) is 9.67. The van der Waals surface area contributed by atoms with Gasteiger partial charge in [0.2, 0.25) is 0 Å². The second kappa shape index (κ2) is 7.30. The first kappa shape index (κ1) is 14.0. The van der Waals surface area contributed by atoms with Gasteiger partial charge in [-0.25, -0.2) is 0 Å². The van der Waals surface area contributed by atoms with Crippen molar-refractivity contribution in [2.24, 2.45) is 0 Å². The molecular formula is C13H18ClNO2. The quantitative estimate of drug-likeness (QED) is 0.843. The molecule has 0 saturated carbocycles. The molecule has 3 nitrogen and oxygen atoms in total. The molecule has 1 N–H and O–H groups in total. The predicted molar refractivity (Wildman–Crippen MR) is 69.1 cm³/mol. The van der Waals surface area contributed by atoms with Crippen LogP contribution >= 0.6 is 12.4 Å². The molecule has 0 aliphatic carbocycles. The summed E-state index contributed by atoms with van der Waals surface area (Å²) in [6.07, 6.45) is 3.16. The third kappa shape index (κ3) is 4.36. The van der Waals surface area contributed by atoms with Gasteiger partial charge in [-0.15, -0.1) is 12.4 Å². The van der Waals surface area contributed by atoms with E-state index in [1.807, 2.05) is 30.3 Å². The molecule has 1 atom stereocenters. The van der Waals surface area contributed by atoms with Crippen LogP contribution in [-0.4, -0.2) is 18.6 Å². The molecule has 0 bridgehead atoms. The summed E-state index contributed by atoms with van der Waals surface area (Å²) in [5.41, 5.74) is 1.03. The Balaban J connectivity index is 0.00000144. The first-order valence-corrected chi connectivity index (χ1v) is 5.80. The van der Waals surface area contributed by atoms with Crippen LogP contribution in [0.3, 0.4) is 0 Å². The molecule has 94 valence electrons. The number of nitrogens with one attached hydrogen (secondary N) is 1. The van der Waals surface area contributed by atoms with Crippen molar-refractivity contribution in [1.82, 2.24) is 5.32 Å². The van der Waals surface area contributed by atoms with Crippen molar-refractivity contribution in [2.45, 2.75) is 31.9 Å². The molecular weight excluding hydrogens is 238 g/mol. The average Bonchev–Trinajstić information content (AvgIpc) is 2.38. The second-order valence-electron chi connectivity index (χ2n) is 4.10. The zero-order valence-corrected chi connectivity index (χ0v) is 10.5. The van der Waals surface area contributed by atoms with Crippen LogP contribution in [0.25, 0.3) is 0 Å². The zero-order chi connectivity index (χ0) is 11.2. The summed E-state index contributed by atoms with van der Waals surface area (Å²) in [6.45, 7) is 1.29. The van der Waals surface area contributed by atoms with Crippen molar-refractivity contribution in [3.63, 3.8) is 0 Å². The molecule has 0 aromatic heterocycles.